The highest BCUT2D eigenvalue weighted by atomic mass is 19.2. The van der Waals surface area contributed by atoms with Gasteiger partial charge < -0.3 is 9.39 Å². The fourth-order valence-electron chi connectivity index (χ4n) is 2.38. The molecular weight excluding hydrogens is 337 g/mol. The maximum atomic E-state index is 12.9. The molecule has 0 amide bonds. The molecule has 0 bridgehead atoms. The van der Waals surface area contributed by atoms with Gasteiger partial charge in [0.15, 0.2) is 0 Å². The van der Waals surface area contributed by atoms with E-state index in [1.165, 1.54) is 37.5 Å². The van der Waals surface area contributed by atoms with Crippen LogP contribution in [0.2, 0.25) is 0 Å². The van der Waals surface area contributed by atoms with Gasteiger partial charge in [0.1, 0.15) is 11.4 Å². The second-order valence-corrected chi connectivity index (χ2v) is 5.58. The van der Waals surface area contributed by atoms with E-state index in [9.17, 15) is 8.63 Å². The van der Waals surface area contributed by atoms with Gasteiger partial charge in [-0.1, -0.05) is 24.3 Å². The number of halogens is 2. The Hall–Kier alpha value is -3.16. The van der Waals surface area contributed by atoms with Crippen LogP contribution in [0, 0.1) is 22.7 Å². The maximum absolute atomic E-state index is 12.9. The van der Waals surface area contributed by atoms with Crippen LogP contribution in [-0.4, -0.2) is 14.6 Å². The van der Waals surface area contributed by atoms with Crippen LogP contribution in [0.3, 0.4) is 0 Å². The molecule has 0 radical (unpaired) electrons. The van der Waals surface area contributed by atoms with Gasteiger partial charge in [-0.2, -0.15) is 10.5 Å². The van der Waals surface area contributed by atoms with Gasteiger partial charge in [0.05, 0.1) is 23.3 Å². The van der Waals surface area contributed by atoms with Crippen molar-refractivity contribution in [3.05, 3.63) is 76.9 Å². The van der Waals surface area contributed by atoms with Gasteiger partial charge in [-0.3, -0.25) is 0 Å². The highest BCUT2D eigenvalue weighted by Gasteiger charge is 2.28. The fourth-order valence-corrected chi connectivity index (χ4v) is 2.38. The number of rotatable bonds is 6. The zero-order valence-electron chi connectivity index (χ0n) is 14.2. The zero-order chi connectivity index (χ0) is 19.2. The summed E-state index contributed by atoms with van der Waals surface area (Å²) in [5.41, 5.74) is 0.884. The average molecular weight is 352 g/mol. The van der Waals surface area contributed by atoms with Gasteiger partial charge in [-0.05, 0) is 42.8 Å². The fraction of sp³-hybridized carbons (Fsp3) is 0.158. The molecule has 0 spiro atoms. The van der Waals surface area contributed by atoms with E-state index in [2.05, 4.69) is 4.65 Å². The lowest BCUT2D eigenvalue weighted by Crippen LogP contribution is -2.23. The summed E-state index contributed by atoms with van der Waals surface area (Å²) in [6, 6.07) is 16.7. The van der Waals surface area contributed by atoms with Crippen LogP contribution in [0.25, 0.3) is 5.76 Å². The van der Waals surface area contributed by atoms with Crippen LogP contribution >= 0.6 is 0 Å². The van der Waals surface area contributed by atoms with E-state index in [0.717, 1.165) is 0 Å². The van der Waals surface area contributed by atoms with Crippen LogP contribution in [0.15, 0.2) is 54.6 Å². The van der Waals surface area contributed by atoms with Crippen molar-refractivity contribution >= 4 is 13.2 Å². The van der Waals surface area contributed by atoms with Gasteiger partial charge in [0.2, 0.25) is 0 Å². The number of methoxy groups -OCH3 is 1. The quantitative estimate of drug-likeness (QED) is 0.575. The van der Waals surface area contributed by atoms with E-state index in [4.69, 9.17) is 15.3 Å². The molecule has 1 unspecified atom stereocenters. The number of ether oxygens (including phenoxy) is 1. The van der Waals surface area contributed by atoms with Gasteiger partial charge in [0.25, 0.3) is 0 Å². The summed E-state index contributed by atoms with van der Waals surface area (Å²) in [4.78, 5) is 0. The smallest absolute Gasteiger partial charge is 0.505 e. The third-order valence-electron chi connectivity index (χ3n) is 3.93. The number of nitrogens with zero attached hydrogens (tertiary/aromatic N) is 2. The third-order valence-corrected chi connectivity index (χ3v) is 3.93. The first-order valence-corrected chi connectivity index (χ1v) is 7.66. The van der Waals surface area contributed by atoms with Gasteiger partial charge >= 0.3 is 7.47 Å². The van der Waals surface area contributed by atoms with Crippen molar-refractivity contribution in [1.82, 2.24) is 0 Å². The first-order chi connectivity index (χ1) is 12.4. The van der Waals surface area contributed by atoms with E-state index >= 15 is 0 Å². The molecule has 2 aromatic rings. The van der Waals surface area contributed by atoms with Crippen LogP contribution in [0.4, 0.5) is 8.63 Å². The van der Waals surface area contributed by atoms with E-state index in [0.29, 0.717) is 22.3 Å². The Labute approximate surface area is 151 Å². The Morgan fingerprint density at radius 2 is 1.50 bits per heavy atom. The first kappa shape index (κ1) is 19.2. The normalized spacial score (nSPS) is 13.2. The Morgan fingerprint density at radius 3 is 1.92 bits per heavy atom. The van der Waals surface area contributed by atoms with E-state index in [1.54, 1.807) is 31.2 Å². The summed E-state index contributed by atoms with van der Waals surface area (Å²) >= 11 is 0. The highest BCUT2D eigenvalue weighted by Crippen LogP contribution is 2.31. The van der Waals surface area contributed by atoms with Gasteiger partial charge in [0, 0.05) is 12.7 Å². The molecule has 1 atom stereocenters. The molecule has 0 aliphatic rings. The minimum absolute atomic E-state index is 0.0711. The molecule has 4 nitrogen and oxygen atoms in total. The lowest BCUT2D eigenvalue weighted by molar-refractivity contribution is 0.0455. The Kier molecular flexibility index (Phi) is 6.11. The van der Waals surface area contributed by atoms with E-state index in [1.807, 2.05) is 12.1 Å². The van der Waals surface area contributed by atoms with Crippen LogP contribution in [0.1, 0.15) is 29.2 Å². The lowest BCUT2D eigenvalue weighted by atomic mass is 9.92. The van der Waals surface area contributed by atoms with Crippen molar-refractivity contribution in [3.8, 4) is 12.1 Å². The van der Waals surface area contributed by atoms with Crippen molar-refractivity contribution in [3.63, 3.8) is 0 Å². The monoisotopic (exact) mass is 352 g/mol. The summed E-state index contributed by atoms with van der Waals surface area (Å²) in [6.45, 7) is 1.70. The summed E-state index contributed by atoms with van der Waals surface area (Å²) in [7, 11) is -1.56. The van der Waals surface area contributed by atoms with Crippen LogP contribution < -0.4 is 0 Å². The van der Waals surface area contributed by atoms with Crippen molar-refractivity contribution < 1.29 is 18.0 Å². The number of nitriles is 2. The molecule has 0 aromatic heterocycles. The molecule has 7 heteroatoms. The van der Waals surface area contributed by atoms with Gasteiger partial charge in [-0.15, -0.1) is 0 Å². The van der Waals surface area contributed by atoms with E-state index in [-0.39, 0.29) is 5.76 Å². The minimum Gasteiger partial charge on any atom is -0.505 e. The van der Waals surface area contributed by atoms with Crippen molar-refractivity contribution in [2.24, 2.45) is 0 Å². The second-order valence-electron chi connectivity index (χ2n) is 5.58. The Balaban J connectivity index is 2.49. The van der Waals surface area contributed by atoms with Gasteiger partial charge in [-0.25, -0.2) is 8.63 Å². The van der Waals surface area contributed by atoms with Crippen molar-refractivity contribution in [1.29, 1.82) is 10.5 Å². The maximum Gasteiger partial charge on any atom is 0.796 e. The zero-order valence-corrected chi connectivity index (χ0v) is 14.2. The second kappa shape index (κ2) is 8.29. The predicted molar refractivity (Wildman–Crippen MR) is 93.7 cm³/mol. The molecule has 0 N–H and O–H groups in total. The van der Waals surface area contributed by atoms with Crippen LogP contribution in [-0.2, 0) is 15.0 Å². The van der Waals surface area contributed by atoms with E-state index < -0.39 is 13.1 Å². The molecule has 0 saturated heterocycles. The average Bonchev–Trinajstić information content (AvgIpc) is 2.67. The predicted octanol–water partition coefficient (Wildman–Crippen LogP) is 4.27. The molecule has 0 aliphatic heterocycles. The minimum atomic E-state index is -3.01. The van der Waals surface area contributed by atoms with Crippen molar-refractivity contribution in [2.75, 3.05) is 7.11 Å². The number of hydrogen-bond donors (Lipinski definition) is 0. The molecular formula is C19H15BF2N2O2. The first-order valence-electron chi connectivity index (χ1n) is 7.66. The highest BCUT2D eigenvalue weighted by molar-refractivity contribution is 6.36. The molecule has 2 rings (SSSR count). The largest absolute Gasteiger partial charge is 0.796 e. The molecule has 2 aromatic carbocycles. The summed E-state index contributed by atoms with van der Waals surface area (Å²) in [5.74, 6) is -0.0711. The third kappa shape index (κ3) is 4.47. The number of hydrogen-bond acceptors (Lipinski definition) is 4. The van der Waals surface area contributed by atoms with Crippen LogP contribution in [0.5, 0.6) is 0 Å². The Morgan fingerprint density at radius 1 is 1.00 bits per heavy atom. The lowest BCUT2D eigenvalue weighted by Gasteiger charge is -2.26. The SMILES string of the molecule is COC(C)(/C=C(\OB(F)F)c1ccc(C#N)cc1)c1ccc(C#N)cc1. The molecule has 0 fully saturated rings. The van der Waals surface area contributed by atoms with Crippen molar-refractivity contribution in [2.45, 2.75) is 12.5 Å². The topological polar surface area (TPSA) is 66.0 Å². The standard InChI is InChI=1S/C19H15BF2N2O2/c1-19(25-2,17-9-5-15(13-24)6-10-17)11-18(26-20(21)22)16-7-3-14(12-23)4-8-16/h3-11H,1-2H3/b18-11-. The molecule has 0 saturated carbocycles. The summed E-state index contributed by atoms with van der Waals surface area (Å²) in [5, 5.41) is 17.8. The summed E-state index contributed by atoms with van der Waals surface area (Å²) < 4.78 is 36.0. The Bertz CT molecular complexity index is 868. The molecule has 0 heterocycles. The summed E-state index contributed by atoms with van der Waals surface area (Å²) in [6.07, 6.45) is 1.45. The molecule has 26 heavy (non-hydrogen) atoms. The molecule has 0 aliphatic carbocycles. The number of benzene rings is 2. The molecule has 130 valence electrons.